The molecule has 144 valence electrons. The number of ether oxygens (including phenoxy) is 1. The zero-order chi connectivity index (χ0) is 19.6. The topological polar surface area (TPSA) is 73.9 Å². The Labute approximate surface area is 161 Å². The summed E-state index contributed by atoms with van der Waals surface area (Å²) in [6.45, 7) is 5.94. The lowest BCUT2D eigenvalue weighted by Gasteiger charge is -2.13. The highest BCUT2D eigenvalue weighted by Crippen LogP contribution is 2.32. The Morgan fingerprint density at radius 2 is 1.85 bits per heavy atom. The summed E-state index contributed by atoms with van der Waals surface area (Å²) in [6, 6.07) is 3.35. The van der Waals surface area contributed by atoms with Crippen LogP contribution in [0.15, 0.2) is 21.0 Å². The molecule has 6 nitrogen and oxygen atoms in total. The molecule has 1 aromatic carbocycles. The quantitative estimate of drug-likeness (QED) is 0.426. The first-order chi connectivity index (χ1) is 12.7. The largest absolute Gasteiger partial charge is 0.492 e. The average molecular weight is 416 g/mol. The third kappa shape index (κ3) is 4.78. The first-order valence-electron chi connectivity index (χ1n) is 7.82. The second kappa shape index (κ2) is 7.85. The van der Waals surface area contributed by atoms with E-state index in [0.717, 1.165) is 21.3 Å². The minimum absolute atomic E-state index is 0.109. The van der Waals surface area contributed by atoms with Gasteiger partial charge in [0, 0.05) is 11.3 Å². The fourth-order valence-electron chi connectivity index (χ4n) is 2.37. The summed E-state index contributed by atoms with van der Waals surface area (Å²) in [5.41, 5.74) is 2.00. The van der Waals surface area contributed by atoms with Crippen LogP contribution in [-0.2, 0) is 6.18 Å². The summed E-state index contributed by atoms with van der Waals surface area (Å²) in [6.07, 6.45) is -4.67. The van der Waals surface area contributed by atoms with Crippen molar-refractivity contribution in [2.75, 3.05) is 12.4 Å². The summed E-state index contributed by atoms with van der Waals surface area (Å²) >= 11 is 2.91. The van der Waals surface area contributed by atoms with Crippen LogP contribution in [-0.4, -0.2) is 31.9 Å². The van der Waals surface area contributed by atoms with Gasteiger partial charge in [0.05, 0.1) is 6.61 Å². The SMILES string of the molecule is Cc1nsc(SCCOc2c(C)cc(-c3noc(C(F)(F)F)n3)cc2C)n1. The Kier molecular flexibility index (Phi) is 5.70. The molecular weight excluding hydrogens is 401 g/mol. The molecule has 3 aromatic rings. The van der Waals surface area contributed by atoms with Crippen molar-refractivity contribution in [2.24, 2.45) is 0 Å². The molecule has 0 fully saturated rings. The Morgan fingerprint density at radius 3 is 2.41 bits per heavy atom. The van der Waals surface area contributed by atoms with E-state index in [2.05, 4.69) is 24.0 Å². The minimum Gasteiger partial charge on any atom is -0.492 e. The van der Waals surface area contributed by atoms with E-state index in [9.17, 15) is 13.2 Å². The van der Waals surface area contributed by atoms with Crippen molar-refractivity contribution < 1.29 is 22.4 Å². The predicted octanol–water partition coefficient (Wildman–Crippen LogP) is 4.70. The lowest BCUT2D eigenvalue weighted by molar-refractivity contribution is -0.159. The van der Waals surface area contributed by atoms with E-state index in [1.165, 1.54) is 11.5 Å². The van der Waals surface area contributed by atoms with Crippen LogP contribution in [0, 0.1) is 20.8 Å². The summed E-state index contributed by atoms with van der Waals surface area (Å²) in [7, 11) is 0. The van der Waals surface area contributed by atoms with Crippen molar-refractivity contribution >= 4 is 23.3 Å². The van der Waals surface area contributed by atoms with Crippen LogP contribution >= 0.6 is 23.3 Å². The van der Waals surface area contributed by atoms with Crippen LogP contribution in [0.25, 0.3) is 11.4 Å². The van der Waals surface area contributed by atoms with Crippen LogP contribution in [0.5, 0.6) is 5.75 Å². The molecule has 0 saturated heterocycles. The van der Waals surface area contributed by atoms with E-state index in [4.69, 9.17) is 4.74 Å². The minimum atomic E-state index is -4.67. The molecule has 0 radical (unpaired) electrons. The normalized spacial score (nSPS) is 11.8. The molecule has 0 aliphatic rings. The number of rotatable bonds is 6. The standard InChI is InChI=1S/C16H15F3N4O2S2/c1-8-6-11(13-21-14(25-22-13)16(17,18)19)7-9(2)12(8)24-4-5-26-15-20-10(3)23-27-15/h6-7H,4-5H2,1-3H3. The number of thioether (sulfide) groups is 1. The fraction of sp³-hybridized carbons (Fsp3) is 0.375. The Bertz CT molecular complexity index is 917. The summed E-state index contributed by atoms with van der Waals surface area (Å²) in [4.78, 5) is 7.68. The van der Waals surface area contributed by atoms with Crippen molar-refractivity contribution in [2.45, 2.75) is 31.3 Å². The zero-order valence-corrected chi connectivity index (χ0v) is 16.3. The maximum absolute atomic E-state index is 12.6. The molecule has 3 rings (SSSR count). The predicted molar refractivity (Wildman–Crippen MR) is 95.1 cm³/mol. The van der Waals surface area contributed by atoms with Gasteiger partial charge in [-0.1, -0.05) is 16.9 Å². The monoisotopic (exact) mass is 416 g/mol. The molecule has 0 atom stereocenters. The first-order valence-corrected chi connectivity index (χ1v) is 9.58. The third-order valence-corrected chi connectivity index (χ3v) is 5.34. The van der Waals surface area contributed by atoms with Gasteiger partial charge in [0.25, 0.3) is 0 Å². The van der Waals surface area contributed by atoms with Gasteiger partial charge in [-0.15, -0.1) is 0 Å². The van der Waals surface area contributed by atoms with Gasteiger partial charge >= 0.3 is 12.1 Å². The van der Waals surface area contributed by atoms with Crippen LogP contribution < -0.4 is 4.74 Å². The molecule has 0 aliphatic carbocycles. The summed E-state index contributed by atoms with van der Waals surface area (Å²) in [5.74, 6) is 0.669. The van der Waals surface area contributed by atoms with Gasteiger partial charge in [0.1, 0.15) is 11.6 Å². The number of aryl methyl sites for hydroxylation is 3. The van der Waals surface area contributed by atoms with E-state index in [1.54, 1.807) is 23.9 Å². The molecule has 2 aromatic heterocycles. The van der Waals surface area contributed by atoms with Crippen molar-refractivity contribution in [3.05, 3.63) is 35.0 Å². The van der Waals surface area contributed by atoms with E-state index in [1.807, 2.05) is 20.8 Å². The summed E-state index contributed by atoms with van der Waals surface area (Å²) < 4.78 is 53.0. The zero-order valence-electron chi connectivity index (χ0n) is 14.6. The molecular formula is C16H15F3N4O2S2. The molecule has 0 N–H and O–H groups in total. The number of aromatic nitrogens is 4. The maximum Gasteiger partial charge on any atom is 0.471 e. The van der Waals surface area contributed by atoms with Crippen LogP contribution in [0.4, 0.5) is 13.2 Å². The highest BCUT2D eigenvalue weighted by molar-refractivity contribution is 8.00. The molecule has 0 spiro atoms. The van der Waals surface area contributed by atoms with Gasteiger partial charge in [0.15, 0.2) is 4.34 Å². The molecule has 0 amide bonds. The highest BCUT2D eigenvalue weighted by Gasteiger charge is 2.38. The third-order valence-electron chi connectivity index (χ3n) is 3.45. The summed E-state index contributed by atoms with van der Waals surface area (Å²) in [5, 5.41) is 3.41. The van der Waals surface area contributed by atoms with Gasteiger partial charge < -0.3 is 9.26 Å². The lowest BCUT2D eigenvalue weighted by atomic mass is 10.1. The first kappa shape index (κ1) is 19.6. The van der Waals surface area contributed by atoms with E-state index in [0.29, 0.717) is 23.7 Å². The van der Waals surface area contributed by atoms with Gasteiger partial charge in [0.2, 0.25) is 5.82 Å². The smallest absolute Gasteiger partial charge is 0.471 e. The number of hydrogen-bond acceptors (Lipinski definition) is 8. The van der Waals surface area contributed by atoms with Gasteiger partial charge in [-0.05, 0) is 55.6 Å². The van der Waals surface area contributed by atoms with Crippen LogP contribution in [0.2, 0.25) is 0 Å². The van der Waals surface area contributed by atoms with E-state index >= 15 is 0 Å². The Hall–Kier alpha value is -2.14. The molecule has 0 bridgehead atoms. The number of hydrogen-bond donors (Lipinski definition) is 0. The molecule has 0 saturated carbocycles. The number of alkyl halides is 3. The fourth-order valence-corrected chi connectivity index (χ4v) is 3.91. The second-order valence-corrected chi connectivity index (χ2v) is 7.76. The lowest BCUT2D eigenvalue weighted by Crippen LogP contribution is -2.05. The number of benzene rings is 1. The van der Waals surface area contributed by atoms with E-state index in [-0.39, 0.29) is 5.82 Å². The molecule has 0 aliphatic heterocycles. The molecule has 27 heavy (non-hydrogen) atoms. The van der Waals surface area contributed by atoms with Crippen molar-refractivity contribution in [3.8, 4) is 17.1 Å². The Balaban J connectivity index is 1.66. The van der Waals surface area contributed by atoms with Gasteiger partial charge in [-0.25, -0.2) is 4.98 Å². The van der Waals surface area contributed by atoms with E-state index < -0.39 is 12.1 Å². The number of halogens is 3. The van der Waals surface area contributed by atoms with Crippen molar-refractivity contribution in [1.29, 1.82) is 0 Å². The molecule has 2 heterocycles. The van der Waals surface area contributed by atoms with Crippen molar-refractivity contribution in [3.63, 3.8) is 0 Å². The Morgan fingerprint density at radius 1 is 1.15 bits per heavy atom. The van der Waals surface area contributed by atoms with Crippen LogP contribution in [0.1, 0.15) is 22.8 Å². The van der Waals surface area contributed by atoms with Crippen molar-refractivity contribution in [1.82, 2.24) is 19.5 Å². The molecule has 11 heteroatoms. The van der Waals surface area contributed by atoms with Gasteiger partial charge in [-0.3, -0.25) is 0 Å². The second-order valence-electron chi connectivity index (χ2n) is 5.66. The highest BCUT2D eigenvalue weighted by atomic mass is 32.2. The van der Waals surface area contributed by atoms with Gasteiger partial charge in [-0.2, -0.15) is 22.5 Å². The van der Waals surface area contributed by atoms with Crippen LogP contribution in [0.3, 0.4) is 0 Å². The number of nitrogens with zero attached hydrogens (tertiary/aromatic N) is 4. The maximum atomic E-state index is 12.6. The average Bonchev–Trinajstić information content (AvgIpc) is 3.22. The molecule has 0 unspecified atom stereocenters.